The molecule has 4 N–H and O–H groups in total. The molecule has 0 spiro atoms. The van der Waals surface area contributed by atoms with Crippen molar-refractivity contribution in [3.05, 3.63) is 30.0 Å². The van der Waals surface area contributed by atoms with Crippen molar-refractivity contribution in [2.45, 2.75) is 6.42 Å². The zero-order valence-corrected chi connectivity index (χ0v) is 15.9. The molecule has 2 heterocycles. The van der Waals surface area contributed by atoms with E-state index < -0.39 is 11.8 Å². The Bertz CT molecular complexity index is 963. The fraction of sp³-hybridized carbons (Fsp3) is 0.368. The molecule has 3 amide bonds. The lowest BCUT2D eigenvalue weighted by Crippen LogP contribution is -2.49. The van der Waals surface area contributed by atoms with Crippen molar-refractivity contribution in [1.29, 1.82) is 5.26 Å². The minimum Gasteiger partial charge on any atom is -0.496 e. The molecule has 0 unspecified atom stereocenters. The maximum absolute atomic E-state index is 12.4. The van der Waals surface area contributed by atoms with Crippen molar-refractivity contribution < 1.29 is 19.1 Å². The zero-order chi connectivity index (χ0) is 20.8. The number of nitrogens with zero attached hydrogens (tertiary/aromatic N) is 2. The molecule has 1 aromatic heterocycles. The lowest BCUT2D eigenvalue weighted by atomic mass is 10.1. The number of hydrogen-bond donors (Lipinski definition) is 4. The third-order valence-electron chi connectivity index (χ3n) is 4.65. The number of hydrazine groups is 1. The quantitative estimate of drug-likeness (QED) is 0.362. The van der Waals surface area contributed by atoms with E-state index in [9.17, 15) is 14.4 Å². The molecule has 10 heteroatoms. The second-order valence-electron chi connectivity index (χ2n) is 6.64. The second kappa shape index (κ2) is 9.07. The van der Waals surface area contributed by atoms with Gasteiger partial charge < -0.3 is 20.4 Å². The predicted octanol–water partition coefficient (Wildman–Crippen LogP) is -0.101. The minimum atomic E-state index is -0.485. The number of rotatable bonds is 8. The number of nitrogens with one attached hydrogen (secondary N) is 4. The number of nitriles is 1. The molecule has 10 nitrogen and oxygen atoms in total. The molecular formula is C19H22N6O4. The smallest absolute Gasteiger partial charge is 0.268 e. The van der Waals surface area contributed by atoms with E-state index >= 15 is 0 Å². The fourth-order valence-electron chi connectivity index (χ4n) is 3.22. The summed E-state index contributed by atoms with van der Waals surface area (Å²) in [4.78, 5) is 39.2. The highest BCUT2D eigenvalue weighted by Crippen LogP contribution is 2.25. The number of benzene rings is 1. The van der Waals surface area contributed by atoms with Gasteiger partial charge in [-0.05, 0) is 24.6 Å². The summed E-state index contributed by atoms with van der Waals surface area (Å²) >= 11 is 0. The van der Waals surface area contributed by atoms with Gasteiger partial charge in [0.05, 0.1) is 25.6 Å². The standard InChI is InChI=1S/C19H22N6O4/c1-29-16-4-2-3-14-13(16)9-15(23-14)19(28)22-10-17(26)24-25(8-6-20)11-12-5-7-21-18(12)27/h2-4,9,12,23H,5,7-8,10-11H2,1H3,(H,21,27)(H,22,28)(H,24,26)/t12-/m0/s1. The fourth-order valence-corrected chi connectivity index (χ4v) is 3.22. The monoisotopic (exact) mass is 398 g/mol. The largest absolute Gasteiger partial charge is 0.496 e. The van der Waals surface area contributed by atoms with Gasteiger partial charge in [-0.1, -0.05) is 6.07 Å². The molecule has 1 aliphatic rings. The number of fused-ring (bicyclic) bond motifs is 1. The first-order chi connectivity index (χ1) is 14.0. The Morgan fingerprint density at radius 1 is 1.41 bits per heavy atom. The summed E-state index contributed by atoms with van der Waals surface area (Å²) in [6.07, 6.45) is 0.650. The average Bonchev–Trinajstić information content (AvgIpc) is 3.32. The summed E-state index contributed by atoms with van der Waals surface area (Å²) in [5, 5.41) is 16.3. The Morgan fingerprint density at radius 3 is 2.93 bits per heavy atom. The molecule has 1 fully saturated rings. The van der Waals surface area contributed by atoms with Crippen LogP contribution in [0.1, 0.15) is 16.9 Å². The van der Waals surface area contributed by atoms with Crippen LogP contribution in [0.3, 0.4) is 0 Å². The third kappa shape index (κ3) is 4.83. The van der Waals surface area contributed by atoms with E-state index in [4.69, 9.17) is 10.00 Å². The highest BCUT2D eigenvalue weighted by atomic mass is 16.5. The van der Waals surface area contributed by atoms with Gasteiger partial charge in [-0.2, -0.15) is 5.26 Å². The lowest BCUT2D eigenvalue weighted by Gasteiger charge is -2.22. The molecular weight excluding hydrogens is 376 g/mol. The van der Waals surface area contributed by atoms with Crippen LogP contribution >= 0.6 is 0 Å². The van der Waals surface area contributed by atoms with Crippen LogP contribution in [-0.2, 0) is 9.59 Å². The Kier molecular flexibility index (Phi) is 6.31. The first kappa shape index (κ1) is 20.2. The van der Waals surface area contributed by atoms with Gasteiger partial charge in [0.15, 0.2) is 0 Å². The first-order valence-corrected chi connectivity index (χ1v) is 9.15. The van der Waals surface area contributed by atoms with Crippen LogP contribution in [0.25, 0.3) is 10.9 Å². The molecule has 152 valence electrons. The lowest BCUT2D eigenvalue weighted by molar-refractivity contribution is -0.127. The van der Waals surface area contributed by atoms with E-state index in [0.29, 0.717) is 24.4 Å². The first-order valence-electron chi connectivity index (χ1n) is 9.15. The van der Waals surface area contributed by atoms with E-state index in [1.54, 1.807) is 25.3 Å². The number of carbonyl (C=O) groups is 3. The molecule has 1 aromatic carbocycles. The Labute approximate surface area is 167 Å². The minimum absolute atomic E-state index is 0.0642. The summed E-state index contributed by atoms with van der Waals surface area (Å²) < 4.78 is 5.27. The third-order valence-corrected chi connectivity index (χ3v) is 4.65. The highest BCUT2D eigenvalue weighted by Gasteiger charge is 2.27. The zero-order valence-electron chi connectivity index (χ0n) is 15.9. The number of hydrogen-bond acceptors (Lipinski definition) is 6. The van der Waals surface area contributed by atoms with Gasteiger partial charge in [0.2, 0.25) is 5.91 Å². The number of carbonyl (C=O) groups excluding carboxylic acids is 3. The van der Waals surface area contributed by atoms with Crippen LogP contribution in [0, 0.1) is 17.2 Å². The van der Waals surface area contributed by atoms with Crippen LogP contribution in [-0.4, -0.2) is 61.0 Å². The van der Waals surface area contributed by atoms with Crippen LogP contribution in [0.15, 0.2) is 24.3 Å². The average molecular weight is 398 g/mol. The van der Waals surface area contributed by atoms with E-state index in [1.165, 1.54) is 5.01 Å². The van der Waals surface area contributed by atoms with Gasteiger partial charge in [0, 0.05) is 24.0 Å². The topological polar surface area (TPSA) is 139 Å². The van der Waals surface area contributed by atoms with Gasteiger partial charge >= 0.3 is 0 Å². The van der Waals surface area contributed by atoms with Crippen LogP contribution < -0.4 is 20.8 Å². The molecule has 0 saturated carbocycles. The van der Waals surface area contributed by atoms with Crippen LogP contribution in [0.4, 0.5) is 0 Å². The summed E-state index contributed by atoms with van der Waals surface area (Å²) in [5.74, 6) is -0.663. The maximum atomic E-state index is 12.4. The summed E-state index contributed by atoms with van der Waals surface area (Å²) in [6, 6.07) is 9.03. The molecule has 1 aliphatic heterocycles. The van der Waals surface area contributed by atoms with Crippen molar-refractivity contribution in [2.75, 3.05) is 33.3 Å². The van der Waals surface area contributed by atoms with Crippen molar-refractivity contribution >= 4 is 28.6 Å². The van der Waals surface area contributed by atoms with Crippen LogP contribution in [0.2, 0.25) is 0 Å². The van der Waals surface area contributed by atoms with Crippen LogP contribution in [0.5, 0.6) is 5.75 Å². The maximum Gasteiger partial charge on any atom is 0.268 e. The van der Waals surface area contributed by atoms with Crippen molar-refractivity contribution in [2.24, 2.45) is 5.92 Å². The van der Waals surface area contributed by atoms with Gasteiger partial charge in [0.25, 0.3) is 11.8 Å². The van der Waals surface area contributed by atoms with Crippen molar-refractivity contribution in [1.82, 2.24) is 26.1 Å². The normalized spacial score (nSPS) is 15.8. The number of H-pyrrole nitrogens is 1. The van der Waals surface area contributed by atoms with Gasteiger partial charge in [-0.15, -0.1) is 0 Å². The summed E-state index contributed by atoms with van der Waals surface area (Å²) in [5.41, 5.74) is 3.61. The summed E-state index contributed by atoms with van der Waals surface area (Å²) in [6.45, 7) is 0.486. The molecule has 1 saturated heterocycles. The number of ether oxygens (including phenoxy) is 1. The van der Waals surface area contributed by atoms with Gasteiger partial charge in [-0.25, -0.2) is 5.01 Å². The van der Waals surface area contributed by atoms with E-state index in [1.807, 2.05) is 12.1 Å². The number of aromatic amines is 1. The van der Waals surface area contributed by atoms with Gasteiger partial charge in [0.1, 0.15) is 18.0 Å². The molecule has 3 rings (SSSR count). The Hall–Kier alpha value is -3.58. The van der Waals surface area contributed by atoms with E-state index in [-0.39, 0.29) is 31.5 Å². The SMILES string of the molecule is COc1cccc2[nH]c(C(=O)NCC(=O)NN(CC#N)C[C@@H]3CCNC3=O)cc12. The van der Waals surface area contributed by atoms with E-state index in [0.717, 1.165) is 10.9 Å². The van der Waals surface area contributed by atoms with Gasteiger partial charge in [-0.3, -0.25) is 19.8 Å². The molecule has 1 atom stereocenters. The van der Waals surface area contributed by atoms with Crippen molar-refractivity contribution in [3.63, 3.8) is 0 Å². The Morgan fingerprint density at radius 2 is 2.24 bits per heavy atom. The molecule has 2 aromatic rings. The summed E-state index contributed by atoms with van der Waals surface area (Å²) in [7, 11) is 1.55. The van der Waals surface area contributed by atoms with Crippen molar-refractivity contribution in [3.8, 4) is 11.8 Å². The molecule has 0 bridgehead atoms. The number of amides is 3. The predicted molar refractivity (Wildman–Crippen MR) is 104 cm³/mol. The highest BCUT2D eigenvalue weighted by molar-refractivity contribution is 6.00. The van der Waals surface area contributed by atoms with E-state index in [2.05, 4.69) is 21.0 Å². The molecule has 0 radical (unpaired) electrons. The molecule has 29 heavy (non-hydrogen) atoms. The number of aromatic nitrogens is 1. The second-order valence-corrected chi connectivity index (χ2v) is 6.64. The number of methoxy groups -OCH3 is 1. The Balaban J connectivity index is 1.55. The molecule has 0 aliphatic carbocycles.